The van der Waals surface area contributed by atoms with Gasteiger partial charge in [0.15, 0.2) is 0 Å². The van der Waals surface area contributed by atoms with Crippen molar-refractivity contribution in [1.82, 2.24) is 10.2 Å². The van der Waals surface area contributed by atoms with Gasteiger partial charge in [0, 0.05) is 42.6 Å². The molecule has 1 aromatic rings. The molecule has 28 heavy (non-hydrogen) atoms. The van der Waals surface area contributed by atoms with Crippen molar-refractivity contribution in [3.05, 3.63) is 23.8 Å². The fourth-order valence-electron chi connectivity index (χ4n) is 3.44. The van der Waals surface area contributed by atoms with Gasteiger partial charge in [-0.2, -0.15) is 0 Å². The average molecular weight is 427 g/mol. The van der Waals surface area contributed by atoms with Crippen LogP contribution in [-0.2, 0) is 9.59 Å². The molecule has 1 aromatic carbocycles. The lowest BCUT2D eigenvalue weighted by Crippen LogP contribution is -2.49. The van der Waals surface area contributed by atoms with Crippen LogP contribution in [0.4, 0.5) is 5.69 Å². The number of carbonyl (C=O) groups is 3. The number of carbonyl (C=O) groups excluding carboxylic acids is 3. The minimum atomic E-state index is -0.136. The second-order valence-electron chi connectivity index (χ2n) is 6.95. The zero-order valence-electron chi connectivity index (χ0n) is 15.9. The molecule has 2 unspecified atom stereocenters. The second kappa shape index (κ2) is 10.1. The number of rotatable bonds is 5. The van der Waals surface area contributed by atoms with E-state index < -0.39 is 0 Å². The molecule has 1 saturated heterocycles. The summed E-state index contributed by atoms with van der Waals surface area (Å²) in [5.41, 5.74) is 6.66. The molecular formula is C19H27ClN4O3S. The Kier molecular flexibility index (Phi) is 8.15. The van der Waals surface area contributed by atoms with Gasteiger partial charge in [-0.15, -0.1) is 24.2 Å². The molecule has 3 amide bonds. The molecule has 0 radical (unpaired) electrons. The fourth-order valence-corrected chi connectivity index (χ4v) is 4.37. The lowest BCUT2D eigenvalue weighted by Gasteiger charge is -2.36. The summed E-state index contributed by atoms with van der Waals surface area (Å²) in [6, 6.07) is 5.45. The van der Waals surface area contributed by atoms with Crippen molar-refractivity contribution in [2.45, 2.75) is 48.8 Å². The van der Waals surface area contributed by atoms with Gasteiger partial charge in [0.2, 0.25) is 11.8 Å². The van der Waals surface area contributed by atoms with Crippen molar-refractivity contribution in [3.8, 4) is 0 Å². The van der Waals surface area contributed by atoms with Gasteiger partial charge in [0.1, 0.15) is 0 Å². The number of hydrogen-bond donors (Lipinski definition) is 3. The van der Waals surface area contributed by atoms with E-state index in [4.69, 9.17) is 5.73 Å². The molecule has 0 aliphatic carbocycles. The number of thioether (sulfide) groups is 1. The number of piperidine rings is 1. The van der Waals surface area contributed by atoms with Gasteiger partial charge >= 0.3 is 0 Å². The number of nitrogens with two attached hydrogens (primary N) is 1. The fraction of sp³-hybridized carbons (Fsp3) is 0.526. The van der Waals surface area contributed by atoms with Crippen LogP contribution in [-0.4, -0.2) is 53.5 Å². The first-order chi connectivity index (χ1) is 13.0. The minimum Gasteiger partial charge on any atom is -0.354 e. The first-order valence-corrected chi connectivity index (χ1v) is 10.3. The second-order valence-corrected chi connectivity index (χ2v) is 8.33. The number of amides is 3. The molecule has 4 N–H and O–H groups in total. The Labute approximate surface area is 175 Å². The van der Waals surface area contributed by atoms with E-state index in [1.807, 2.05) is 24.0 Å². The highest BCUT2D eigenvalue weighted by molar-refractivity contribution is 8.00. The van der Waals surface area contributed by atoms with Crippen LogP contribution in [0.3, 0.4) is 0 Å². The molecule has 2 heterocycles. The van der Waals surface area contributed by atoms with Crippen molar-refractivity contribution in [1.29, 1.82) is 0 Å². The van der Waals surface area contributed by atoms with Crippen molar-refractivity contribution < 1.29 is 14.4 Å². The molecule has 7 nitrogen and oxygen atoms in total. The van der Waals surface area contributed by atoms with Gasteiger partial charge in [0.05, 0.1) is 10.9 Å². The van der Waals surface area contributed by atoms with Gasteiger partial charge in [-0.3, -0.25) is 14.4 Å². The summed E-state index contributed by atoms with van der Waals surface area (Å²) in [4.78, 5) is 39.5. The van der Waals surface area contributed by atoms with E-state index >= 15 is 0 Å². The maximum atomic E-state index is 13.1. The zero-order chi connectivity index (χ0) is 19.4. The number of nitrogens with zero attached hydrogens (tertiary/aromatic N) is 1. The third-order valence-electron chi connectivity index (χ3n) is 4.95. The number of fused-ring (bicyclic) bond motifs is 1. The van der Waals surface area contributed by atoms with Crippen molar-refractivity contribution in [2.24, 2.45) is 5.73 Å². The molecule has 1 fully saturated rings. The van der Waals surface area contributed by atoms with Gasteiger partial charge in [-0.25, -0.2) is 0 Å². The van der Waals surface area contributed by atoms with E-state index in [9.17, 15) is 14.4 Å². The van der Waals surface area contributed by atoms with E-state index in [2.05, 4.69) is 10.6 Å². The van der Waals surface area contributed by atoms with E-state index in [0.29, 0.717) is 37.3 Å². The number of likely N-dealkylation sites (tertiary alicyclic amines) is 1. The Morgan fingerprint density at radius 1 is 1.36 bits per heavy atom. The molecule has 3 rings (SSSR count). The van der Waals surface area contributed by atoms with Crippen molar-refractivity contribution in [3.63, 3.8) is 0 Å². The molecule has 154 valence electrons. The highest BCUT2D eigenvalue weighted by Crippen LogP contribution is 2.36. The first-order valence-electron chi connectivity index (χ1n) is 9.39. The van der Waals surface area contributed by atoms with E-state index in [1.165, 1.54) is 11.8 Å². The molecule has 0 bridgehead atoms. The van der Waals surface area contributed by atoms with Crippen LogP contribution in [0.15, 0.2) is 23.1 Å². The molecule has 0 saturated carbocycles. The van der Waals surface area contributed by atoms with Crippen LogP contribution < -0.4 is 16.4 Å². The van der Waals surface area contributed by atoms with Gasteiger partial charge in [-0.1, -0.05) is 0 Å². The summed E-state index contributed by atoms with van der Waals surface area (Å²) in [5, 5.41) is 5.61. The SMILES string of the molecule is CC1Sc2ccc(C(=O)N3CCCCC3CNC(=O)CCN)cc2NC1=O.Cl. The Hall–Kier alpha value is -1.77. The third-order valence-corrected chi connectivity index (χ3v) is 6.13. The topological polar surface area (TPSA) is 105 Å². The van der Waals surface area contributed by atoms with Crippen LogP contribution in [0.5, 0.6) is 0 Å². The molecular weight excluding hydrogens is 400 g/mol. The smallest absolute Gasteiger partial charge is 0.254 e. The van der Waals surface area contributed by atoms with Crippen LogP contribution in [0, 0.1) is 0 Å². The van der Waals surface area contributed by atoms with Crippen molar-refractivity contribution in [2.75, 3.05) is 25.0 Å². The van der Waals surface area contributed by atoms with Crippen LogP contribution >= 0.6 is 24.2 Å². The van der Waals surface area contributed by atoms with Crippen LogP contribution in [0.25, 0.3) is 0 Å². The normalized spacial score (nSPS) is 21.2. The standard InChI is InChI=1S/C19H26N4O3S.ClH/c1-12-18(25)22-15-10-13(5-6-16(15)27-12)19(26)23-9-3-2-4-14(23)11-21-17(24)7-8-20;/h5-6,10,12,14H,2-4,7-9,11,20H2,1H3,(H,21,24)(H,22,25);1H. The predicted octanol–water partition coefficient (Wildman–Crippen LogP) is 2.00. The summed E-state index contributed by atoms with van der Waals surface area (Å²) in [5.74, 6) is -0.192. The van der Waals surface area contributed by atoms with Crippen LogP contribution in [0.2, 0.25) is 0 Å². The molecule has 0 aromatic heterocycles. The summed E-state index contributed by atoms with van der Waals surface area (Å²) >= 11 is 1.50. The summed E-state index contributed by atoms with van der Waals surface area (Å²) < 4.78 is 0. The Balaban J connectivity index is 0.00000280. The van der Waals surface area contributed by atoms with E-state index in [-0.39, 0.29) is 41.4 Å². The lowest BCUT2D eigenvalue weighted by atomic mass is 10.0. The zero-order valence-corrected chi connectivity index (χ0v) is 17.5. The monoisotopic (exact) mass is 426 g/mol. The molecule has 0 spiro atoms. The number of benzene rings is 1. The number of hydrogen-bond acceptors (Lipinski definition) is 5. The quantitative estimate of drug-likeness (QED) is 0.667. The average Bonchev–Trinajstić information content (AvgIpc) is 2.67. The summed E-state index contributed by atoms with van der Waals surface area (Å²) in [6.45, 7) is 3.29. The van der Waals surface area contributed by atoms with E-state index in [1.54, 1.807) is 6.07 Å². The Morgan fingerprint density at radius 3 is 2.89 bits per heavy atom. The van der Waals surface area contributed by atoms with Gasteiger partial charge in [0.25, 0.3) is 5.91 Å². The largest absolute Gasteiger partial charge is 0.354 e. The number of nitrogens with one attached hydrogen (secondary N) is 2. The summed E-state index contributed by atoms with van der Waals surface area (Å²) in [7, 11) is 0. The lowest BCUT2D eigenvalue weighted by molar-refractivity contribution is -0.121. The minimum absolute atomic E-state index is 0. The van der Waals surface area contributed by atoms with Gasteiger partial charge < -0.3 is 21.3 Å². The third kappa shape index (κ3) is 5.18. The molecule has 2 atom stereocenters. The highest BCUT2D eigenvalue weighted by atomic mass is 35.5. The predicted molar refractivity (Wildman–Crippen MR) is 113 cm³/mol. The Morgan fingerprint density at radius 2 is 2.14 bits per heavy atom. The van der Waals surface area contributed by atoms with Crippen LogP contribution in [0.1, 0.15) is 43.0 Å². The molecule has 2 aliphatic heterocycles. The molecule has 2 aliphatic rings. The maximum absolute atomic E-state index is 13.1. The summed E-state index contributed by atoms with van der Waals surface area (Å²) in [6.07, 6.45) is 3.15. The van der Waals surface area contributed by atoms with Crippen molar-refractivity contribution >= 4 is 47.6 Å². The first kappa shape index (κ1) is 22.5. The maximum Gasteiger partial charge on any atom is 0.254 e. The molecule has 9 heteroatoms. The van der Waals surface area contributed by atoms with E-state index in [0.717, 1.165) is 24.2 Å². The van der Waals surface area contributed by atoms with Gasteiger partial charge in [-0.05, 0) is 44.4 Å². The number of halogens is 1. The Bertz CT molecular complexity index is 746. The highest BCUT2D eigenvalue weighted by Gasteiger charge is 2.29. The number of anilines is 1.